The number of rotatable bonds is 5. The Labute approximate surface area is 96.2 Å². The summed E-state index contributed by atoms with van der Waals surface area (Å²) >= 11 is 1.93. The van der Waals surface area contributed by atoms with Gasteiger partial charge in [-0.2, -0.15) is 11.8 Å². The molecule has 15 heavy (non-hydrogen) atoms. The molecule has 1 fully saturated rings. The Morgan fingerprint density at radius 1 is 1.67 bits per heavy atom. The number of piperazine rings is 1. The minimum Gasteiger partial charge on any atom is -0.358 e. The average molecular weight is 231 g/mol. The molecule has 0 saturated carbocycles. The van der Waals surface area contributed by atoms with E-state index in [4.69, 9.17) is 0 Å². The van der Waals surface area contributed by atoms with Gasteiger partial charge in [0.1, 0.15) is 6.04 Å². The van der Waals surface area contributed by atoms with Crippen molar-refractivity contribution in [3.05, 3.63) is 0 Å². The molecule has 88 valence electrons. The van der Waals surface area contributed by atoms with Crippen molar-refractivity contribution < 1.29 is 4.79 Å². The molecule has 1 rings (SSSR count). The zero-order valence-corrected chi connectivity index (χ0v) is 10.4. The van der Waals surface area contributed by atoms with Crippen LogP contribution in [0, 0.1) is 0 Å². The lowest BCUT2D eigenvalue weighted by atomic mass is 10.2. The first-order valence-electron chi connectivity index (χ1n) is 5.53. The van der Waals surface area contributed by atoms with Gasteiger partial charge in [-0.25, -0.2) is 0 Å². The summed E-state index contributed by atoms with van der Waals surface area (Å²) in [6, 6.07) is 0.0150. The van der Waals surface area contributed by atoms with Crippen molar-refractivity contribution in [2.24, 2.45) is 0 Å². The van der Waals surface area contributed by atoms with Crippen LogP contribution in [0.4, 0.5) is 0 Å². The Bertz CT molecular complexity index is 201. The van der Waals surface area contributed by atoms with Gasteiger partial charge in [-0.15, -0.1) is 0 Å². The minimum absolute atomic E-state index is 0.0150. The van der Waals surface area contributed by atoms with Crippen LogP contribution in [0.1, 0.15) is 6.92 Å². The van der Waals surface area contributed by atoms with E-state index in [0.29, 0.717) is 0 Å². The number of carbonyl (C=O) groups is 1. The summed E-state index contributed by atoms with van der Waals surface area (Å²) in [6.45, 7) is 5.92. The Hall–Kier alpha value is -0.260. The molecule has 1 atom stereocenters. The Balaban J connectivity index is 2.39. The third kappa shape index (κ3) is 4.01. The van der Waals surface area contributed by atoms with E-state index in [9.17, 15) is 4.79 Å². The van der Waals surface area contributed by atoms with E-state index in [-0.39, 0.29) is 11.9 Å². The lowest BCUT2D eigenvalue weighted by molar-refractivity contribution is -0.126. The number of amides is 1. The van der Waals surface area contributed by atoms with Gasteiger partial charge in [0.15, 0.2) is 0 Å². The molecule has 2 N–H and O–H groups in total. The lowest BCUT2D eigenvalue weighted by Gasteiger charge is -2.34. The van der Waals surface area contributed by atoms with Gasteiger partial charge in [-0.05, 0) is 5.75 Å². The van der Waals surface area contributed by atoms with Crippen molar-refractivity contribution >= 4 is 17.7 Å². The topological polar surface area (TPSA) is 44.4 Å². The summed E-state index contributed by atoms with van der Waals surface area (Å²) in [5.74, 6) is 2.39. The summed E-state index contributed by atoms with van der Waals surface area (Å²) in [4.78, 5) is 13.9. The number of thioether (sulfide) groups is 1. The quantitative estimate of drug-likeness (QED) is 0.641. The fraction of sp³-hybridized carbons (Fsp3) is 0.900. The average Bonchev–Trinajstić information content (AvgIpc) is 2.29. The molecule has 4 nitrogen and oxygen atoms in total. The first-order valence-corrected chi connectivity index (χ1v) is 6.69. The van der Waals surface area contributed by atoms with E-state index in [1.54, 1.807) is 7.05 Å². The summed E-state index contributed by atoms with van der Waals surface area (Å²) < 4.78 is 0. The zero-order chi connectivity index (χ0) is 11.1. The second kappa shape index (κ2) is 7.09. The van der Waals surface area contributed by atoms with Gasteiger partial charge in [0, 0.05) is 39.0 Å². The molecule has 0 bridgehead atoms. The Kier molecular flexibility index (Phi) is 6.05. The first-order chi connectivity index (χ1) is 7.29. The van der Waals surface area contributed by atoms with Crippen molar-refractivity contribution in [2.45, 2.75) is 13.0 Å². The maximum absolute atomic E-state index is 11.6. The summed E-state index contributed by atoms with van der Waals surface area (Å²) in [5.41, 5.74) is 0. The van der Waals surface area contributed by atoms with Gasteiger partial charge in [0.2, 0.25) is 5.91 Å². The highest BCUT2D eigenvalue weighted by Gasteiger charge is 2.26. The van der Waals surface area contributed by atoms with Crippen LogP contribution in [0.2, 0.25) is 0 Å². The number of nitrogens with one attached hydrogen (secondary N) is 2. The van der Waals surface area contributed by atoms with Gasteiger partial charge in [0.05, 0.1) is 0 Å². The fourth-order valence-electron chi connectivity index (χ4n) is 1.77. The minimum atomic E-state index is 0.0150. The smallest absolute Gasteiger partial charge is 0.238 e. The van der Waals surface area contributed by atoms with E-state index >= 15 is 0 Å². The zero-order valence-electron chi connectivity index (χ0n) is 9.58. The molecule has 1 amide bonds. The fourth-order valence-corrected chi connectivity index (χ4v) is 2.42. The van der Waals surface area contributed by atoms with Gasteiger partial charge in [0.25, 0.3) is 0 Å². The number of hydrogen-bond donors (Lipinski definition) is 2. The third-order valence-electron chi connectivity index (χ3n) is 2.63. The van der Waals surface area contributed by atoms with Crippen LogP contribution in [0.5, 0.6) is 0 Å². The maximum atomic E-state index is 11.6. The van der Waals surface area contributed by atoms with E-state index < -0.39 is 0 Å². The van der Waals surface area contributed by atoms with Gasteiger partial charge < -0.3 is 10.6 Å². The molecule has 0 aliphatic carbocycles. The largest absolute Gasteiger partial charge is 0.358 e. The molecule has 1 aliphatic heterocycles. The molecule has 0 aromatic heterocycles. The highest BCUT2D eigenvalue weighted by Crippen LogP contribution is 2.06. The van der Waals surface area contributed by atoms with Crippen molar-refractivity contribution in [1.82, 2.24) is 15.5 Å². The Morgan fingerprint density at radius 2 is 2.47 bits per heavy atom. The summed E-state index contributed by atoms with van der Waals surface area (Å²) in [6.07, 6.45) is 0. The summed E-state index contributed by atoms with van der Waals surface area (Å²) in [5, 5.41) is 5.99. The second-order valence-electron chi connectivity index (χ2n) is 3.57. The number of carbonyl (C=O) groups excluding carboxylic acids is 1. The van der Waals surface area contributed by atoms with Crippen molar-refractivity contribution in [3.8, 4) is 0 Å². The first kappa shape index (κ1) is 12.8. The molecule has 1 heterocycles. The molecule has 1 unspecified atom stereocenters. The van der Waals surface area contributed by atoms with E-state index in [1.807, 2.05) is 11.8 Å². The molecule has 1 saturated heterocycles. The van der Waals surface area contributed by atoms with Crippen LogP contribution >= 0.6 is 11.8 Å². The van der Waals surface area contributed by atoms with Gasteiger partial charge >= 0.3 is 0 Å². The Morgan fingerprint density at radius 3 is 3.13 bits per heavy atom. The number of nitrogens with zero attached hydrogens (tertiary/aromatic N) is 1. The van der Waals surface area contributed by atoms with Gasteiger partial charge in [-0.1, -0.05) is 6.92 Å². The van der Waals surface area contributed by atoms with Crippen LogP contribution < -0.4 is 10.6 Å². The predicted molar refractivity (Wildman–Crippen MR) is 65.3 cm³/mol. The molecular weight excluding hydrogens is 210 g/mol. The highest BCUT2D eigenvalue weighted by molar-refractivity contribution is 7.99. The number of hydrogen-bond acceptors (Lipinski definition) is 4. The predicted octanol–water partition coefficient (Wildman–Crippen LogP) is -0.241. The molecular formula is C10H21N3OS. The molecule has 5 heteroatoms. The van der Waals surface area contributed by atoms with Crippen LogP contribution in [0.3, 0.4) is 0 Å². The van der Waals surface area contributed by atoms with E-state index in [0.717, 1.165) is 37.7 Å². The second-order valence-corrected chi connectivity index (χ2v) is 4.96. The molecule has 0 radical (unpaired) electrons. The van der Waals surface area contributed by atoms with Crippen molar-refractivity contribution in [2.75, 3.05) is 44.7 Å². The SMILES string of the molecule is CCSCCN1CCNCC1C(=O)NC. The molecule has 0 aromatic rings. The van der Waals surface area contributed by atoms with Crippen LogP contribution in [-0.2, 0) is 4.79 Å². The molecule has 0 aromatic carbocycles. The summed E-state index contributed by atoms with van der Waals surface area (Å²) in [7, 11) is 1.70. The monoisotopic (exact) mass is 231 g/mol. The third-order valence-corrected chi connectivity index (χ3v) is 3.51. The highest BCUT2D eigenvalue weighted by atomic mass is 32.2. The van der Waals surface area contributed by atoms with E-state index in [2.05, 4.69) is 22.5 Å². The molecule has 1 aliphatic rings. The van der Waals surface area contributed by atoms with Crippen molar-refractivity contribution in [1.29, 1.82) is 0 Å². The standard InChI is InChI=1S/C10H21N3OS/c1-3-15-7-6-13-5-4-12-8-9(13)10(14)11-2/h9,12H,3-8H2,1-2H3,(H,11,14). The van der Waals surface area contributed by atoms with Gasteiger partial charge in [-0.3, -0.25) is 9.69 Å². The number of likely N-dealkylation sites (N-methyl/N-ethyl adjacent to an activating group) is 1. The van der Waals surface area contributed by atoms with Crippen molar-refractivity contribution in [3.63, 3.8) is 0 Å². The lowest BCUT2D eigenvalue weighted by Crippen LogP contribution is -2.57. The van der Waals surface area contributed by atoms with Crippen LogP contribution in [0.15, 0.2) is 0 Å². The maximum Gasteiger partial charge on any atom is 0.238 e. The van der Waals surface area contributed by atoms with E-state index in [1.165, 1.54) is 0 Å². The normalized spacial score (nSPS) is 22.7. The molecule has 0 spiro atoms. The van der Waals surface area contributed by atoms with Crippen LogP contribution in [-0.4, -0.2) is 61.6 Å². The van der Waals surface area contributed by atoms with Crippen LogP contribution in [0.25, 0.3) is 0 Å².